The van der Waals surface area contributed by atoms with Crippen molar-refractivity contribution in [1.82, 2.24) is 15.6 Å². The van der Waals surface area contributed by atoms with Gasteiger partial charge in [0.25, 0.3) is 0 Å². The Bertz CT molecular complexity index is 796. The molecule has 6 nitrogen and oxygen atoms in total. The van der Waals surface area contributed by atoms with Crippen molar-refractivity contribution in [3.05, 3.63) is 35.5 Å². The summed E-state index contributed by atoms with van der Waals surface area (Å²) >= 11 is 0. The summed E-state index contributed by atoms with van der Waals surface area (Å²) in [5.41, 5.74) is 2.33. The van der Waals surface area contributed by atoms with Crippen LogP contribution in [0.1, 0.15) is 83.9 Å². The number of fused-ring (bicyclic) bond motifs is 1. The van der Waals surface area contributed by atoms with Gasteiger partial charge < -0.3 is 20.5 Å². The summed E-state index contributed by atoms with van der Waals surface area (Å²) in [5.74, 6) is 0.595. The molecule has 3 N–H and O–H groups in total. The van der Waals surface area contributed by atoms with E-state index >= 15 is 0 Å². The molecule has 1 saturated carbocycles. The van der Waals surface area contributed by atoms with Crippen LogP contribution in [0.5, 0.6) is 5.88 Å². The second-order valence-electron chi connectivity index (χ2n) is 10.5. The molecule has 0 saturated heterocycles. The average molecular weight is 430 g/mol. The van der Waals surface area contributed by atoms with Crippen LogP contribution in [-0.4, -0.2) is 40.3 Å². The molecule has 3 rings (SSSR count). The normalized spacial score (nSPS) is 21.8. The summed E-state index contributed by atoms with van der Waals surface area (Å²) in [7, 11) is 0. The lowest BCUT2D eigenvalue weighted by atomic mass is 9.73. The van der Waals surface area contributed by atoms with Gasteiger partial charge in [0.2, 0.25) is 11.8 Å². The van der Waals surface area contributed by atoms with E-state index in [1.54, 1.807) is 0 Å². The summed E-state index contributed by atoms with van der Waals surface area (Å²) in [6.45, 7) is 10.5. The number of aliphatic hydroxyl groups excluding tert-OH is 1. The molecule has 3 atom stereocenters. The van der Waals surface area contributed by atoms with Crippen molar-refractivity contribution >= 4 is 5.91 Å². The lowest BCUT2D eigenvalue weighted by molar-refractivity contribution is -0.120. The monoisotopic (exact) mass is 429 g/mol. The highest BCUT2D eigenvalue weighted by atomic mass is 16.5. The van der Waals surface area contributed by atoms with E-state index in [0.29, 0.717) is 13.0 Å². The number of hydrogen-bond donors (Lipinski definition) is 3. The van der Waals surface area contributed by atoms with Gasteiger partial charge in [0.05, 0.1) is 12.1 Å². The van der Waals surface area contributed by atoms with E-state index in [0.717, 1.165) is 37.1 Å². The van der Waals surface area contributed by atoms with Crippen molar-refractivity contribution in [2.75, 3.05) is 6.54 Å². The number of pyridine rings is 1. The molecule has 0 unspecified atom stereocenters. The van der Waals surface area contributed by atoms with E-state index in [1.165, 1.54) is 18.9 Å². The third-order valence-corrected chi connectivity index (χ3v) is 6.25. The fraction of sp³-hybridized carbons (Fsp3) is 0.680. The minimum atomic E-state index is -0.686. The molecule has 1 fully saturated rings. The summed E-state index contributed by atoms with van der Waals surface area (Å²) in [6, 6.07) is 1.98. The minimum absolute atomic E-state index is 0.0748. The van der Waals surface area contributed by atoms with Crippen LogP contribution in [-0.2, 0) is 11.2 Å². The Labute approximate surface area is 186 Å². The second-order valence-corrected chi connectivity index (χ2v) is 10.5. The molecule has 0 aromatic carbocycles. The van der Waals surface area contributed by atoms with Gasteiger partial charge in [0.15, 0.2) is 0 Å². The highest BCUT2D eigenvalue weighted by Crippen LogP contribution is 2.48. The summed E-state index contributed by atoms with van der Waals surface area (Å²) in [6.07, 6.45) is 10.9. The van der Waals surface area contributed by atoms with Crippen molar-refractivity contribution in [2.45, 2.75) is 96.9 Å². The Hall–Kier alpha value is -1.92. The van der Waals surface area contributed by atoms with Crippen LogP contribution < -0.4 is 15.4 Å². The molecular weight excluding hydrogens is 390 g/mol. The number of nitrogens with one attached hydrogen (secondary N) is 2. The lowest BCUT2D eigenvalue weighted by Gasteiger charge is -2.47. The fourth-order valence-corrected chi connectivity index (χ4v) is 4.61. The van der Waals surface area contributed by atoms with Gasteiger partial charge in [-0.3, -0.25) is 4.79 Å². The molecule has 6 heteroatoms. The number of carbonyl (C=O) groups excluding carboxylic acids is 1. The van der Waals surface area contributed by atoms with Gasteiger partial charge in [-0.1, -0.05) is 32.9 Å². The molecule has 172 valence electrons. The molecule has 0 bridgehead atoms. The highest BCUT2D eigenvalue weighted by Gasteiger charge is 2.46. The van der Waals surface area contributed by atoms with Gasteiger partial charge in [0.1, 0.15) is 5.60 Å². The molecule has 2 aliphatic rings. The molecule has 1 spiro atoms. The number of amides is 1. The lowest BCUT2D eigenvalue weighted by Crippen LogP contribution is -2.51. The van der Waals surface area contributed by atoms with Crippen molar-refractivity contribution in [2.24, 2.45) is 5.41 Å². The molecular formula is C25H39N3O3. The standard InChI is InChI=1S/C25H39N3O3/c1-6-7-9-20(28-17(2)29)22(30)16-26-21-14-25(10-8-11-25)31-23-19(21)12-18(15-27-23)13-24(3,4)5/h6-7,12,15,20-22,26,30H,8-11,13-14,16H2,1-5H3,(H,28,29)/t20-,21-,22+/m0/s1. The number of aromatic nitrogens is 1. The second kappa shape index (κ2) is 9.70. The van der Waals surface area contributed by atoms with E-state index in [-0.39, 0.29) is 29.0 Å². The topological polar surface area (TPSA) is 83.5 Å². The number of ether oxygens (including phenoxy) is 1. The molecule has 1 aromatic heterocycles. The number of aliphatic hydroxyl groups is 1. The third-order valence-electron chi connectivity index (χ3n) is 6.25. The first kappa shape index (κ1) is 23.7. The quantitative estimate of drug-likeness (QED) is 0.547. The van der Waals surface area contributed by atoms with Crippen LogP contribution in [0.15, 0.2) is 24.4 Å². The molecule has 1 amide bonds. The van der Waals surface area contributed by atoms with Crippen LogP contribution in [0.25, 0.3) is 0 Å². The van der Waals surface area contributed by atoms with Gasteiger partial charge in [0, 0.05) is 37.7 Å². The number of carbonyl (C=O) groups is 1. The van der Waals surface area contributed by atoms with Crippen LogP contribution in [0.2, 0.25) is 0 Å². The van der Waals surface area contributed by atoms with Crippen molar-refractivity contribution < 1.29 is 14.6 Å². The van der Waals surface area contributed by atoms with Crippen molar-refractivity contribution in [1.29, 1.82) is 0 Å². The van der Waals surface area contributed by atoms with E-state index in [1.807, 2.05) is 25.3 Å². The van der Waals surface area contributed by atoms with E-state index < -0.39 is 6.10 Å². The minimum Gasteiger partial charge on any atom is -0.471 e. The highest BCUT2D eigenvalue weighted by molar-refractivity contribution is 5.73. The van der Waals surface area contributed by atoms with Gasteiger partial charge >= 0.3 is 0 Å². The maximum absolute atomic E-state index is 11.6. The molecule has 31 heavy (non-hydrogen) atoms. The Morgan fingerprint density at radius 2 is 2.16 bits per heavy atom. The molecule has 1 aromatic rings. The molecule has 1 aliphatic carbocycles. The SMILES string of the molecule is CC=CC[C@H](NC(C)=O)[C@H](O)CN[C@H]1CC2(CCC2)Oc2ncc(CC(C)(C)C)cc21. The Morgan fingerprint density at radius 3 is 2.74 bits per heavy atom. The first-order valence-electron chi connectivity index (χ1n) is 11.6. The predicted octanol–water partition coefficient (Wildman–Crippen LogP) is 3.84. The Kier molecular flexibility index (Phi) is 7.43. The maximum Gasteiger partial charge on any atom is 0.218 e. The number of hydrogen-bond acceptors (Lipinski definition) is 5. The first-order chi connectivity index (χ1) is 14.6. The van der Waals surface area contributed by atoms with Crippen LogP contribution in [0, 0.1) is 5.41 Å². The van der Waals surface area contributed by atoms with Gasteiger partial charge in [-0.2, -0.15) is 0 Å². The largest absolute Gasteiger partial charge is 0.471 e. The first-order valence-corrected chi connectivity index (χ1v) is 11.6. The van der Waals surface area contributed by atoms with E-state index in [9.17, 15) is 9.90 Å². The zero-order valence-electron chi connectivity index (χ0n) is 19.7. The Balaban J connectivity index is 1.76. The van der Waals surface area contributed by atoms with E-state index in [2.05, 4.69) is 42.5 Å². The Morgan fingerprint density at radius 1 is 1.42 bits per heavy atom. The summed E-state index contributed by atoms with van der Waals surface area (Å²) in [5, 5.41) is 17.3. The van der Waals surface area contributed by atoms with Gasteiger partial charge in [-0.05, 0) is 56.1 Å². The van der Waals surface area contributed by atoms with Crippen molar-refractivity contribution in [3.8, 4) is 5.88 Å². The smallest absolute Gasteiger partial charge is 0.218 e. The van der Waals surface area contributed by atoms with Crippen molar-refractivity contribution in [3.63, 3.8) is 0 Å². The van der Waals surface area contributed by atoms with Gasteiger partial charge in [-0.15, -0.1) is 0 Å². The zero-order valence-corrected chi connectivity index (χ0v) is 19.7. The number of allylic oxidation sites excluding steroid dienone is 1. The molecule has 0 radical (unpaired) electrons. The summed E-state index contributed by atoms with van der Waals surface area (Å²) in [4.78, 5) is 16.3. The zero-order chi connectivity index (χ0) is 22.6. The predicted molar refractivity (Wildman–Crippen MR) is 123 cm³/mol. The third kappa shape index (κ3) is 6.30. The van der Waals surface area contributed by atoms with Gasteiger partial charge in [-0.25, -0.2) is 4.98 Å². The average Bonchev–Trinajstić information content (AvgIpc) is 2.66. The fourth-order valence-electron chi connectivity index (χ4n) is 4.61. The molecule has 1 aliphatic heterocycles. The van der Waals surface area contributed by atoms with Crippen LogP contribution >= 0.6 is 0 Å². The molecule has 2 heterocycles. The van der Waals surface area contributed by atoms with E-state index in [4.69, 9.17) is 4.74 Å². The van der Waals surface area contributed by atoms with Crippen LogP contribution in [0.4, 0.5) is 0 Å². The maximum atomic E-state index is 11.6. The number of rotatable bonds is 8. The summed E-state index contributed by atoms with van der Waals surface area (Å²) < 4.78 is 6.35. The van der Waals surface area contributed by atoms with Crippen LogP contribution in [0.3, 0.4) is 0 Å². The number of nitrogens with zero attached hydrogens (tertiary/aromatic N) is 1.